The summed E-state index contributed by atoms with van der Waals surface area (Å²) in [5.74, 6) is -1.71. The molecule has 1 heterocycles. The van der Waals surface area contributed by atoms with Crippen LogP contribution >= 0.6 is 0 Å². The van der Waals surface area contributed by atoms with Crippen molar-refractivity contribution in [2.24, 2.45) is 35.5 Å². The lowest BCUT2D eigenvalue weighted by Crippen LogP contribution is -2.43. The molecule has 6 atom stereocenters. The van der Waals surface area contributed by atoms with Crippen molar-refractivity contribution in [3.8, 4) is 0 Å². The number of imide groups is 1. The van der Waals surface area contributed by atoms with Gasteiger partial charge < -0.3 is 0 Å². The lowest BCUT2D eigenvalue weighted by atomic mass is 9.59. The fourth-order valence-corrected chi connectivity index (χ4v) is 5.66. The first-order valence-electron chi connectivity index (χ1n) is 8.53. The van der Waals surface area contributed by atoms with E-state index in [2.05, 4.69) is 0 Å². The van der Waals surface area contributed by atoms with Crippen LogP contribution in [0.5, 0.6) is 0 Å². The summed E-state index contributed by atoms with van der Waals surface area (Å²) in [4.78, 5) is 26.6. The summed E-state index contributed by atoms with van der Waals surface area (Å²) in [5.41, 5.74) is -1.63. The lowest BCUT2D eigenvalue weighted by molar-refractivity contribution is -0.140. The quantitative estimate of drug-likeness (QED) is 0.571. The third kappa shape index (κ3) is 1.92. The molecule has 6 rings (SSSR count). The SMILES string of the molecule is O=C1[C@@H]2[C@@H]3CC[C@@H]([C@H]4C[C@H]43)[C@@H]2C(=O)N1c1ccc(F)c(C(F)(F)F)c1. The Labute approximate surface area is 141 Å². The molecule has 132 valence electrons. The standard InChI is InChI=1S/C18H15F4NO2/c19-13-4-1-7(5-12(13)18(20,21)22)23-16(24)14-8-2-3-9(11-6-10(8)11)15(14)17(23)25/h1,4-5,8-11,14-15H,2-3,6H2/t8-,9+,10+,11-,14-,15+. The van der Waals surface area contributed by atoms with Crippen LogP contribution in [0.25, 0.3) is 0 Å². The molecule has 2 bridgehead atoms. The summed E-state index contributed by atoms with van der Waals surface area (Å²) in [6.07, 6.45) is -1.98. The number of hydrogen-bond acceptors (Lipinski definition) is 2. The summed E-state index contributed by atoms with van der Waals surface area (Å²) < 4.78 is 52.4. The molecule has 1 aromatic carbocycles. The van der Waals surface area contributed by atoms with Gasteiger partial charge in [-0.1, -0.05) is 0 Å². The van der Waals surface area contributed by atoms with Crippen LogP contribution in [0.2, 0.25) is 0 Å². The Hall–Kier alpha value is -1.92. The zero-order valence-electron chi connectivity index (χ0n) is 13.1. The second-order valence-corrected chi connectivity index (χ2v) is 7.69. The Balaban J connectivity index is 1.56. The van der Waals surface area contributed by atoms with Crippen LogP contribution in [0.3, 0.4) is 0 Å². The molecule has 5 aliphatic rings. The minimum Gasteiger partial charge on any atom is -0.274 e. The Morgan fingerprint density at radius 3 is 2.00 bits per heavy atom. The third-order valence-corrected chi connectivity index (χ3v) is 6.66. The number of nitrogens with zero attached hydrogens (tertiary/aromatic N) is 1. The number of amides is 2. The number of halogens is 4. The largest absolute Gasteiger partial charge is 0.419 e. The van der Waals surface area contributed by atoms with Crippen molar-refractivity contribution in [3.63, 3.8) is 0 Å². The summed E-state index contributed by atoms with van der Waals surface area (Å²) in [6.45, 7) is 0. The summed E-state index contributed by atoms with van der Waals surface area (Å²) in [6, 6.07) is 2.33. The number of hydrogen-bond donors (Lipinski definition) is 0. The molecule has 0 spiro atoms. The van der Waals surface area contributed by atoms with Crippen molar-refractivity contribution in [2.75, 3.05) is 4.90 Å². The van der Waals surface area contributed by atoms with Crippen LogP contribution in [0, 0.1) is 41.3 Å². The fraction of sp³-hybridized carbons (Fsp3) is 0.556. The van der Waals surface area contributed by atoms with Gasteiger partial charge in [0.05, 0.1) is 23.1 Å². The molecule has 2 amide bonds. The molecule has 1 saturated heterocycles. The smallest absolute Gasteiger partial charge is 0.274 e. The molecule has 25 heavy (non-hydrogen) atoms. The molecule has 1 aliphatic heterocycles. The Morgan fingerprint density at radius 2 is 1.48 bits per heavy atom. The Kier molecular flexibility index (Phi) is 2.84. The monoisotopic (exact) mass is 353 g/mol. The van der Waals surface area contributed by atoms with E-state index in [1.807, 2.05) is 0 Å². The van der Waals surface area contributed by atoms with E-state index in [-0.39, 0.29) is 17.5 Å². The van der Waals surface area contributed by atoms with Crippen molar-refractivity contribution >= 4 is 17.5 Å². The summed E-state index contributed by atoms with van der Waals surface area (Å²) in [5, 5.41) is 0. The fourth-order valence-electron chi connectivity index (χ4n) is 5.66. The molecular formula is C18H15F4NO2. The van der Waals surface area contributed by atoms with Gasteiger partial charge in [0.15, 0.2) is 0 Å². The van der Waals surface area contributed by atoms with Gasteiger partial charge in [0, 0.05) is 0 Å². The number of anilines is 1. The number of rotatable bonds is 1. The highest BCUT2D eigenvalue weighted by Crippen LogP contribution is 2.68. The van der Waals surface area contributed by atoms with E-state index in [9.17, 15) is 27.2 Å². The molecule has 4 aliphatic carbocycles. The van der Waals surface area contributed by atoms with Gasteiger partial charge in [0.25, 0.3) is 0 Å². The van der Waals surface area contributed by atoms with E-state index < -0.39 is 41.2 Å². The highest BCUT2D eigenvalue weighted by atomic mass is 19.4. The molecule has 0 radical (unpaired) electrons. The predicted octanol–water partition coefficient (Wildman–Crippen LogP) is 3.63. The van der Waals surface area contributed by atoms with E-state index in [1.54, 1.807) is 0 Å². The predicted molar refractivity (Wildman–Crippen MR) is 78.7 cm³/mol. The number of fused-ring (bicyclic) bond motifs is 1. The highest BCUT2D eigenvalue weighted by molar-refractivity contribution is 6.22. The van der Waals surface area contributed by atoms with Crippen LogP contribution in [0.4, 0.5) is 23.2 Å². The molecule has 4 saturated carbocycles. The van der Waals surface area contributed by atoms with Crippen molar-refractivity contribution < 1.29 is 27.2 Å². The number of alkyl halides is 3. The lowest BCUT2D eigenvalue weighted by Gasteiger charge is -2.42. The van der Waals surface area contributed by atoms with E-state index in [0.29, 0.717) is 24.0 Å². The molecule has 7 heteroatoms. The van der Waals surface area contributed by atoms with E-state index in [4.69, 9.17) is 0 Å². The van der Waals surface area contributed by atoms with E-state index >= 15 is 0 Å². The zero-order chi connectivity index (χ0) is 17.7. The average Bonchev–Trinajstić information content (AvgIpc) is 3.32. The maximum absolute atomic E-state index is 13.5. The van der Waals surface area contributed by atoms with Crippen molar-refractivity contribution in [3.05, 3.63) is 29.6 Å². The van der Waals surface area contributed by atoms with Crippen LogP contribution in [0.15, 0.2) is 18.2 Å². The molecule has 5 fully saturated rings. The molecule has 0 unspecified atom stereocenters. The topological polar surface area (TPSA) is 37.4 Å². The Bertz CT molecular complexity index is 771. The minimum atomic E-state index is -4.88. The van der Waals surface area contributed by atoms with Crippen molar-refractivity contribution in [1.29, 1.82) is 0 Å². The van der Waals surface area contributed by atoms with Gasteiger partial charge in [-0.2, -0.15) is 13.2 Å². The van der Waals surface area contributed by atoms with Gasteiger partial charge in [-0.25, -0.2) is 4.39 Å². The average molecular weight is 353 g/mol. The number of carbonyl (C=O) groups excluding carboxylic acids is 2. The summed E-state index contributed by atoms with van der Waals surface area (Å²) >= 11 is 0. The van der Waals surface area contributed by atoms with Gasteiger partial charge in [0.2, 0.25) is 11.8 Å². The van der Waals surface area contributed by atoms with E-state index in [0.717, 1.165) is 30.2 Å². The number of benzene rings is 1. The molecule has 1 aromatic rings. The third-order valence-electron chi connectivity index (χ3n) is 6.66. The Morgan fingerprint density at radius 1 is 0.920 bits per heavy atom. The van der Waals surface area contributed by atoms with Crippen molar-refractivity contribution in [1.82, 2.24) is 0 Å². The van der Waals surface area contributed by atoms with Gasteiger partial charge in [-0.05, 0) is 61.1 Å². The first kappa shape index (κ1) is 15.3. The number of carbonyl (C=O) groups is 2. The van der Waals surface area contributed by atoms with E-state index in [1.165, 1.54) is 0 Å². The van der Waals surface area contributed by atoms with Crippen molar-refractivity contribution in [2.45, 2.75) is 25.4 Å². The van der Waals surface area contributed by atoms with Gasteiger partial charge in [0.1, 0.15) is 5.82 Å². The highest BCUT2D eigenvalue weighted by Gasteiger charge is 2.68. The molecule has 0 N–H and O–H groups in total. The van der Waals surface area contributed by atoms with Crippen LogP contribution in [-0.2, 0) is 15.8 Å². The molecular weight excluding hydrogens is 338 g/mol. The van der Waals surface area contributed by atoms with Crippen LogP contribution in [-0.4, -0.2) is 11.8 Å². The van der Waals surface area contributed by atoms with Crippen LogP contribution < -0.4 is 4.90 Å². The second-order valence-electron chi connectivity index (χ2n) is 7.69. The zero-order valence-corrected chi connectivity index (χ0v) is 13.1. The van der Waals surface area contributed by atoms with Gasteiger partial charge in [-0.15, -0.1) is 0 Å². The second kappa shape index (κ2) is 4.62. The van der Waals surface area contributed by atoms with Gasteiger partial charge in [-0.3, -0.25) is 14.5 Å². The molecule has 0 aromatic heterocycles. The molecule has 3 nitrogen and oxygen atoms in total. The first-order valence-corrected chi connectivity index (χ1v) is 8.53. The normalized spacial score (nSPS) is 38.8. The summed E-state index contributed by atoms with van der Waals surface area (Å²) in [7, 11) is 0. The maximum Gasteiger partial charge on any atom is 0.419 e. The first-order chi connectivity index (χ1) is 11.8. The minimum absolute atomic E-state index is 0.170. The van der Waals surface area contributed by atoms with Gasteiger partial charge >= 0.3 is 6.18 Å². The maximum atomic E-state index is 13.5. The van der Waals surface area contributed by atoms with Crippen LogP contribution in [0.1, 0.15) is 24.8 Å².